The smallest absolute Gasteiger partial charge is 0.252 e. The summed E-state index contributed by atoms with van der Waals surface area (Å²) >= 11 is 1.19. The quantitative estimate of drug-likeness (QED) is 0.486. The number of aromatic amines is 1. The topological polar surface area (TPSA) is 84.1 Å². The maximum absolute atomic E-state index is 12.1. The highest BCUT2D eigenvalue weighted by atomic mass is 32.2. The lowest BCUT2D eigenvalue weighted by Gasteiger charge is -2.07. The van der Waals surface area contributed by atoms with Gasteiger partial charge in [-0.2, -0.15) is 0 Å². The van der Waals surface area contributed by atoms with Gasteiger partial charge in [-0.1, -0.05) is 54.2 Å². The number of benzene rings is 2. The van der Waals surface area contributed by atoms with Crippen LogP contribution in [0, 0.1) is 0 Å². The fourth-order valence-electron chi connectivity index (χ4n) is 2.43. The first-order valence-corrected chi connectivity index (χ1v) is 9.32. The molecule has 7 heteroatoms. The summed E-state index contributed by atoms with van der Waals surface area (Å²) in [5, 5.41) is 3.26. The average molecular weight is 381 g/mol. The predicted molar refractivity (Wildman–Crippen MR) is 106 cm³/mol. The fourth-order valence-corrected chi connectivity index (χ4v) is 3.13. The number of hydrogen-bond acceptors (Lipinski definition) is 5. The molecule has 0 aliphatic rings. The van der Waals surface area contributed by atoms with E-state index in [1.165, 1.54) is 17.8 Å². The summed E-state index contributed by atoms with van der Waals surface area (Å²) in [7, 11) is 1.60. The Hall–Kier alpha value is -3.06. The van der Waals surface area contributed by atoms with E-state index in [1.54, 1.807) is 7.11 Å². The van der Waals surface area contributed by atoms with Crippen molar-refractivity contribution in [3.8, 4) is 17.0 Å². The number of ether oxygens (including phenoxy) is 1. The average Bonchev–Trinajstić information content (AvgIpc) is 2.71. The normalized spacial score (nSPS) is 10.4. The minimum atomic E-state index is -0.247. The molecular formula is C20H19N3O3S. The van der Waals surface area contributed by atoms with E-state index in [1.807, 2.05) is 54.6 Å². The van der Waals surface area contributed by atoms with Crippen LogP contribution in [-0.4, -0.2) is 28.7 Å². The highest BCUT2D eigenvalue weighted by Gasteiger charge is 2.08. The lowest BCUT2D eigenvalue weighted by Crippen LogP contribution is -2.24. The van der Waals surface area contributed by atoms with Gasteiger partial charge in [-0.05, 0) is 17.7 Å². The molecule has 0 aliphatic carbocycles. The summed E-state index contributed by atoms with van der Waals surface area (Å²) in [4.78, 5) is 31.1. The van der Waals surface area contributed by atoms with E-state index in [2.05, 4.69) is 15.3 Å². The number of carbonyl (C=O) groups is 1. The molecule has 3 aromatic rings. The van der Waals surface area contributed by atoms with Gasteiger partial charge >= 0.3 is 0 Å². The van der Waals surface area contributed by atoms with Crippen LogP contribution < -0.4 is 15.6 Å². The molecule has 0 saturated heterocycles. The Morgan fingerprint density at radius 1 is 1.15 bits per heavy atom. The zero-order valence-electron chi connectivity index (χ0n) is 14.8. The third kappa shape index (κ3) is 5.46. The standard InChI is InChI=1S/C20H19N3O3S/c1-26-16-9-5-6-14(10-16)12-21-19(25)13-27-20-22-17(11-18(24)23-20)15-7-3-2-4-8-15/h2-11H,12-13H2,1H3,(H,21,25)(H,22,23,24). The van der Waals surface area contributed by atoms with Crippen LogP contribution in [0.15, 0.2) is 70.6 Å². The van der Waals surface area contributed by atoms with Crippen molar-refractivity contribution in [3.63, 3.8) is 0 Å². The van der Waals surface area contributed by atoms with Crippen LogP contribution in [0.2, 0.25) is 0 Å². The van der Waals surface area contributed by atoms with Crippen molar-refractivity contribution in [1.29, 1.82) is 0 Å². The number of H-pyrrole nitrogens is 1. The van der Waals surface area contributed by atoms with Gasteiger partial charge < -0.3 is 15.0 Å². The molecule has 1 amide bonds. The predicted octanol–water partition coefficient (Wildman–Crippen LogP) is 2.85. The Bertz CT molecular complexity index is 973. The highest BCUT2D eigenvalue weighted by molar-refractivity contribution is 7.99. The van der Waals surface area contributed by atoms with E-state index in [-0.39, 0.29) is 17.2 Å². The summed E-state index contributed by atoms with van der Waals surface area (Å²) in [6.45, 7) is 0.407. The molecule has 0 atom stereocenters. The molecule has 0 bridgehead atoms. The zero-order chi connectivity index (χ0) is 19.1. The van der Waals surface area contributed by atoms with Crippen molar-refractivity contribution in [2.75, 3.05) is 12.9 Å². The van der Waals surface area contributed by atoms with Gasteiger partial charge in [-0.25, -0.2) is 4.98 Å². The van der Waals surface area contributed by atoms with Crippen LogP contribution in [0.3, 0.4) is 0 Å². The number of methoxy groups -OCH3 is 1. The van der Waals surface area contributed by atoms with Crippen LogP contribution in [0.4, 0.5) is 0 Å². The molecule has 0 spiro atoms. The Labute approximate surface area is 161 Å². The summed E-state index contributed by atoms with van der Waals surface area (Å²) < 4.78 is 5.17. The number of carbonyl (C=O) groups excluding carboxylic acids is 1. The van der Waals surface area contributed by atoms with Crippen molar-refractivity contribution < 1.29 is 9.53 Å². The number of thioether (sulfide) groups is 1. The van der Waals surface area contributed by atoms with E-state index < -0.39 is 0 Å². The van der Waals surface area contributed by atoms with Gasteiger partial charge in [0.15, 0.2) is 5.16 Å². The van der Waals surface area contributed by atoms with E-state index in [4.69, 9.17) is 4.74 Å². The van der Waals surface area contributed by atoms with E-state index >= 15 is 0 Å². The van der Waals surface area contributed by atoms with Gasteiger partial charge in [0.1, 0.15) is 5.75 Å². The Morgan fingerprint density at radius 2 is 1.96 bits per heavy atom. The lowest BCUT2D eigenvalue weighted by molar-refractivity contribution is -0.118. The molecule has 1 heterocycles. The highest BCUT2D eigenvalue weighted by Crippen LogP contribution is 2.18. The minimum absolute atomic E-state index is 0.143. The first-order valence-electron chi connectivity index (χ1n) is 8.33. The lowest BCUT2D eigenvalue weighted by atomic mass is 10.1. The molecule has 27 heavy (non-hydrogen) atoms. The third-order valence-electron chi connectivity index (χ3n) is 3.75. The molecular weight excluding hydrogens is 362 g/mol. The van der Waals surface area contributed by atoms with E-state index in [0.717, 1.165) is 16.9 Å². The molecule has 0 radical (unpaired) electrons. The molecule has 0 saturated carbocycles. The van der Waals surface area contributed by atoms with Crippen molar-refractivity contribution in [2.45, 2.75) is 11.7 Å². The summed E-state index contributed by atoms with van der Waals surface area (Å²) in [6, 6.07) is 18.4. The molecule has 2 aromatic carbocycles. The Balaban J connectivity index is 1.58. The molecule has 0 fully saturated rings. The maximum Gasteiger partial charge on any atom is 0.252 e. The van der Waals surface area contributed by atoms with Crippen LogP contribution in [-0.2, 0) is 11.3 Å². The molecule has 6 nitrogen and oxygen atoms in total. The number of amides is 1. The zero-order valence-corrected chi connectivity index (χ0v) is 15.6. The number of rotatable bonds is 7. The van der Waals surface area contributed by atoms with Crippen LogP contribution in [0.5, 0.6) is 5.75 Å². The number of hydrogen-bond donors (Lipinski definition) is 2. The maximum atomic E-state index is 12.1. The van der Waals surface area contributed by atoms with Gasteiger partial charge in [0.2, 0.25) is 5.91 Å². The van der Waals surface area contributed by atoms with Gasteiger partial charge in [0.25, 0.3) is 5.56 Å². The second-order valence-electron chi connectivity index (χ2n) is 5.72. The number of aromatic nitrogens is 2. The monoisotopic (exact) mass is 381 g/mol. The fraction of sp³-hybridized carbons (Fsp3) is 0.150. The van der Waals surface area contributed by atoms with Gasteiger partial charge in [0, 0.05) is 18.2 Å². The molecule has 1 aromatic heterocycles. The molecule has 2 N–H and O–H groups in total. The van der Waals surface area contributed by atoms with E-state index in [9.17, 15) is 9.59 Å². The Kier molecular flexibility index (Phi) is 6.27. The van der Waals surface area contributed by atoms with Crippen molar-refractivity contribution in [1.82, 2.24) is 15.3 Å². The first-order chi connectivity index (χ1) is 13.1. The van der Waals surface area contributed by atoms with Crippen LogP contribution in [0.25, 0.3) is 11.3 Å². The second kappa shape index (κ2) is 9.05. The number of nitrogens with one attached hydrogen (secondary N) is 2. The first kappa shape index (κ1) is 18.7. The largest absolute Gasteiger partial charge is 0.497 e. The molecule has 0 unspecified atom stereocenters. The Morgan fingerprint density at radius 3 is 2.74 bits per heavy atom. The van der Waals surface area contributed by atoms with E-state index in [0.29, 0.717) is 17.4 Å². The van der Waals surface area contributed by atoms with Gasteiger partial charge in [0.05, 0.1) is 18.6 Å². The summed E-state index contributed by atoms with van der Waals surface area (Å²) in [6.07, 6.45) is 0. The number of nitrogens with zero attached hydrogens (tertiary/aromatic N) is 1. The van der Waals surface area contributed by atoms with Gasteiger partial charge in [-0.3, -0.25) is 9.59 Å². The second-order valence-corrected chi connectivity index (χ2v) is 6.68. The van der Waals surface area contributed by atoms with Gasteiger partial charge in [-0.15, -0.1) is 0 Å². The van der Waals surface area contributed by atoms with Crippen LogP contribution in [0.1, 0.15) is 5.56 Å². The molecule has 138 valence electrons. The molecule has 0 aliphatic heterocycles. The summed E-state index contributed by atoms with van der Waals surface area (Å²) in [5.41, 5.74) is 2.14. The SMILES string of the molecule is COc1cccc(CNC(=O)CSc2nc(-c3ccccc3)cc(=O)[nH]2)c1. The third-order valence-corrected chi connectivity index (χ3v) is 4.63. The summed E-state index contributed by atoms with van der Waals surface area (Å²) in [5.74, 6) is 0.761. The van der Waals surface area contributed by atoms with Crippen molar-refractivity contribution in [2.24, 2.45) is 0 Å². The van der Waals surface area contributed by atoms with Crippen molar-refractivity contribution >= 4 is 17.7 Å². The molecule has 3 rings (SSSR count). The van der Waals surface area contributed by atoms with Crippen molar-refractivity contribution in [3.05, 3.63) is 76.6 Å². The van der Waals surface area contributed by atoms with Crippen LogP contribution >= 0.6 is 11.8 Å². The minimum Gasteiger partial charge on any atom is -0.497 e.